The SMILES string of the molecule is O=C1CC2(C1)c1ccccc1-c1ccccc12. The smallest absolute Gasteiger partial charge is 0.135 e. The molecule has 2 aliphatic carbocycles. The van der Waals surface area contributed by atoms with Gasteiger partial charge in [-0.25, -0.2) is 0 Å². The van der Waals surface area contributed by atoms with E-state index in [4.69, 9.17) is 0 Å². The lowest BCUT2D eigenvalue weighted by Gasteiger charge is -2.38. The zero-order valence-corrected chi connectivity index (χ0v) is 9.44. The third-order valence-electron chi connectivity index (χ3n) is 4.17. The highest BCUT2D eigenvalue weighted by Crippen LogP contribution is 2.57. The van der Waals surface area contributed by atoms with Crippen LogP contribution < -0.4 is 0 Å². The van der Waals surface area contributed by atoms with Crippen LogP contribution in [0.3, 0.4) is 0 Å². The second-order valence-corrected chi connectivity index (χ2v) is 5.07. The molecule has 0 N–H and O–H groups in total. The van der Waals surface area contributed by atoms with E-state index in [9.17, 15) is 4.79 Å². The predicted molar refractivity (Wildman–Crippen MR) is 66.9 cm³/mol. The molecule has 17 heavy (non-hydrogen) atoms. The van der Waals surface area contributed by atoms with E-state index >= 15 is 0 Å². The van der Waals surface area contributed by atoms with Crippen molar-refractivity contribution in [2.75, 3.05) is 0 Å². The number of hydrogen-bond acceptors (Lipinski definition) is 1. The predicted octanol–water partition coefficient (Wildman–Crippen LogP) is 3.32. The van der Waals surface area contributed by atoms with Crippen LogP contribution in [0.4, 0.5) is 0 Å². The molecule has 4 rings (SSSR count). The maximum Gasteiger partial charge on any atom is 0.135 e. The van der Waals surface area contributed by atoms with E-state index in [2.05, 4.69) is 48.5 Å². The lowest BCUT2D eigenvalue weighted by Crippen LogP contribution is -2.40. The number of carbonyl (C=O) groups is 1. The summed E-state index contributed by atoms with van der Waals surface area (Å²) in [5.41, 5.74) is 5.33. The number of carbonyl (C=O) groups excluding carboxylic acids is 1. The number of hydrogen-bond donors (Lipinski definition) is 0. The van der Waals surface area contributed by atoms with Crippen molar-refractivity contribution in [3.05, 3.63) is 59.7 Å². The van der Waals surface area contributed by atoms with Crippen molar-refractivity contribution in [3.63, 3.8) is 0 Å². The normalized spacial score (nSPS) is 18.7. The van der Waals surface area contributed by atoms with Crippen LogP contribution in [0.1, 0.15) is 24.0 Å². The Morgan fingerprint density at radius 2 is 1.24 bits per heavy atom. The standard InChI is InChI=1S/C16H12O/c17-11-9-16(10-11)14-7-3-1-5-12(14)13-6-2-4-8-15(13)16/h1-8H,9-10H2. The van der Waals surface area contributed by atoms with E-state index in [0.717, 1.165) is 0 Å². The topological polar surface area (TPSA) is 17.1 Å². The van der Waals surface area contributed by atoms with Crippen molar-refractivity contribution in [2.45, 2.75) is 18.3 Å². The number of fused-ring (bicyclic) bond motifs is 5. The molecule has 0 atom stereocenters. The molecule has 1 fully saturated rings. The fourth-order valence-electron chi connectivity index (χ4n) is 3.42. The van der Waals surface area contributed by atoms with Gasteiger partial charge >= 0.3 is 0 Å². The summed E-state index contributed by atoms with van der Waals surface area (Å²) in [4.78, 5) is 11.5. The van der Waals surface area contributed by atoms with Gasteiger partial charge in [0, 0.05) is 18.3 Å². The summed E-state index contributed by atoms with van der Waals surface area (Å²) in [6.07, 6.45) is 1.36. The molecule has 0 unspecified atom stereocenters. The molecule has 0 heterocycles. The fraction of sp³-hybridized carbons (Fsp3) is 0.188. The highest BCUT2D eigenvalue weighted by atomic mass is 16.1. The molecule has 2 aromatic carbocycles. The Labute approximate surface area is 100 Å². The number of Topliss-reactive ketones (excluding diaryl/α,β-unsaturated/α-hetero) is 1. The first-order chi connectivity index (χ1) is 8.31. The molecule has 1 saturated carbocycles. The maximum absolute atomic E-state index is 11.5. The monoisotopic (exact) mass is 220 g/mol. The molecule has 1 spiro atoms. The zero-order chi connectivity index (χ0) is 11.5. The molecular formula is C16H12O. The van der Waals surface area contributed by atoms with Crippen LogP contribution >= 0.6 is 0 Å². The molecule has 2 aromatic rings. The minimum absolute atomic E-state index is 0.00424. The Hall–Kier alpha value is -1.89. The van der Waals surface area contributed by atoms with Crippen molar-refractivity contribution in [3.8, 4) is 11.1 Å². The average molecular weight is 220 g/mol. The number of ketones is 1. The van der Waals surface area contributed by atoms with Gasteiger partial charge in [-0.3, -0.25) is 4.79 Å². The minimum atomic E-state index is 0.00424. The van der Waals surface area contributed by atoms with Crippen LogP contribution in [0.2, 0.25) is 0 Å². The van der Waals surface area contributed by atoms with Crippen LogP contribution in [0.25, 0.3) is 11.1 Å². The van der Waals surface area contributed by atoms with Crippen molar-refractivity contribution < 1.29 is 4.79 Å². The largest absolute Gasteiger partial charge is 0.300 e. The fourth-order valence-corrected chi connectivity index (χ4v) is 3.42. The molecule has 0 saturated heterocycles. The molecule has 0 bridgehead atoms. The van der Waals surface area contributed by atoms with Crippen LogP contribution in [0.15, 0.2) is 48.5 Å². The Bertz CT molecular complexity index is 584. The first-order valence-corrected chi connectivity index (χ1v) is 6.02. The van der Waals surface area contributed by atoms with Gasteiger partial charge in [0.1, 0.15) is 5.78 Å². The third kappa shape index (κ3) is 0.973. The number of benzene rings is 2. The van der Waals surface area contributed by atoms with Crippen LogP contribution in [0, 0.1) is 0 Å². The lowest BCUT2D eigenvalue weighted by molar-refractivity contribution is -0.127. The molecule has 82 valence electrons. The molecule has 1 heteroatoms. The van der Waals surface area contributed by atoms with E-state index < -0.39 is 0 Å². The summed E-state index contributed by atoms with van der Waals surface area (Å²) in [6, 6.07) is 17.0. The molecule has 0 aromatic heterocycles. The van der Waals surface area contributed by atoms with Crippen LogP contribution in [-0.2, 0) is 10.2 Å². The average Bonchev–Trinajstić information content (AvgIpc) is 2.62. The summed E-state index contributed by atoms with van der Waals surface area (Å²) in [6.45, 7) is 0. The summed E-state index contributed by atoms with van der Waals surface area (Å²) in [5.74, 6) is 0.386. The Balaban J connectivity index is 2.07. The molecular weight excluding hydrogens is 208 g/mol. The first-order valence-electron chi connectivity index (χ1n) is 6.02. The Kier molecular flexibility index (Phi) is 1.54. The second kappa shape index (κ2) is 2.86. The van der Waals surface area contributed by atoms with Gasteiger partial charge < -0.3 is 0 Å². The van der Waals surface area contributed by atoms with Crippen molar-refractivity contribution >= 4 is 5.78 Å². The van der Waals surface area contributed by atoms with E-state index in [-0.39, 0.29) is 5.41 Å². The summed E-state index contributed by atoms with van der Waals surface area (Å²) in [5, 5.41) is 0. The maximum atomic E-state index is 11.5. The van der Waals surface area contributed by atoms with Crippen LogP contribution in [-0.4, -0.2) is 5.78 Å². The summed E-state index contributed by atoms with van der Waals surface area (Å²) >= 11 is 0. The Morgan fingerprint density at radius 3 is 1.71 bits per heavy atom. The van der Waals surface area contributed by atoms with Gasteiger partial charge in [0.2, 0.25) is 0 Å². The van der Waals surface area contributed by atoms with E-state index in [1.54, 1.807) is 0 Å². The third-order valence-corrected chi connectivity index (χ3v) is 4.17. The van der Waals surface area contributed by atoms with Crippen molar-refractivity contribution in [1.82, 2.24) is 0 Å². The molecule has 0 amide bonds. The van der Waals surface area contributed by atoms with Gasteiger partial charge in [-0.1, -0.05) is 48.5 Å². The van der Waals surface area contributed by atoms with E-state index in [1.807, 2.05) is 0 Å². The van der Waals surface area contributed by atoms with Gasteiger partial charge in [-0.2, -0.15) is 0 Å². The highest BCUT2D eigenvalue weighted by Gasteiger charge is 2.51. The first kappa shape index (κ1) is 9.17. The zero-order valence-electron chi connectivity index (χ0n) is 9.44. The molecule has 0 radical (unpaired) electrons. The van der Waals surface area contributed by atoms with Gasteiger partial charge in [0.25, 0.3) is 0 Å². The van der Waals surface area contributed by atoms with Gasteiger partial charge in [0.15, 0.2) is 0 Å². The lowest BCUT2D eigenvalue weighted by atomic mass is 9.62. The molecule has 0 aliphatic heterocycles. The molecule has 1 nitrogen and oxygen atoms in total. The summed E-state index contributed by atoms with van der Waals surface area (Å²) < 4.78 is 0. The second-order valence-electron chi connectivity index (χ2n) is 5.07. The van der Waals surface area contributed by atoms with Gasteiger partial charge in [0.05, 0.1) is 0 Å². The van der Waals surface area contributed by atoms with E-state index in [0.29, 0.717) is 18.6 Å². The quantitative estimate of drug-likeness (QED) is 0.665. The van der Waals surface area contributed by atoms with E-state index in [1.165, 1.54) is 22.3 Å². The summed E-state index contributed by atoms with van der Waals surface area (Å²) in [7, 11) is 0. The minimum Gasteiger partial charge on any atom is -0.300 e. The Morgan fingerprint density at radius 1 is 0.765 bits per heavy atom. The molecule has 2 aliphatic rings. The van der Waals surface area contributed by atoms with Crippen molar-refractivity contribution in [2.24, 2.45) is 0 Å². The van der Waals surface area contributed by atoms with Crippen molar-refractivity contribution in [1.29, 1.82) is 0 Å². The van der Waals surface area contributed by atoms with Crippen LogP contribution in [0.5, 0.6) is 0 Å². The van der Waals surface area contributed by atoms with Gasteiger partial charge in [-0.05, 0) is 22.3 Å². The van der Waals surface area contributed by atoms with Gasteiger partial charge in [-0.15, -0.1) is 0 Å². The number of rotatable bonds is 0. The highest BCUT2D eigenvalue weighted by molar-refractivity contribution is 5.96.